The number of amides is 1. The van der Waals surface area contributed by atoms with Crippen LogP contribution in [0.15, 0.2) is 65.1 Å². The summed E-state index contributed by atoms with van der Waals surface area (Å²) in [7, 11) is 0. The standard InChI is InChI=1S/C27H24BrN3O2/c1-15-7-9-18(10-8-15)14-31-26(19-5-4-6-20(28)13-19)23-24(29-30-25(23)27(31)33)22-17(3)11-16(2)12-21(22)32/h4-13,26,32H,14H2,1-3H3,(H,29,30). The van der Waals surface area contributed by atoms with Gasteiger partial charge in [0.25, 0.3) is 5.91 Å². The predicted octanol–water partition coefficient (Wildman–Crippen LogP) is 6.22. The molecule has 1 aliphatic rings. The molecule has 0 bridgehead atoms. The van der Waals surface area contributed by atoms with E-state index < -0.39 is 0 Å². The second-order valence-electron chi connectivity index (χ2n) is 8.71. The first-order valence-corrected chi connectivity index (χ1v) is 11.6. The second-order valence-corrected chi connectivity index (χ2v) is 9.63. The van der Waals surface area contributed by atoms with Crippen LogP contribution in [-0.2, 0) is 6.54 Å². The third-order valence-corrected chi connectivity index (χ3v) is 6.69. The topological polar surface area (TPSA) is 69.2 Å². The van der Waals surface area contributed by atoms with Crippen LogP contribution in [-0.4, -0.2) is 26.1 Å². The number of phenolic OH excluding ortho intramolecular Hbond substituents is 1. The number of nitrogens with one attached hydrogen (secondary N) is 1. The SMILES string of the molecule is Cc1ccc(CN2C(=O)c3[nH]nc(-c4c(C)cc(C)cc4O)c3C2c2cccc(Br)c2)cc1. The van der Waals surface area contributed by atoms with Crippen LogP contribution in [0.4, 0.5) is 0 Å². The van der Waals surface area contributed by atoms with Gasteiger partial charge in [-0.2, -0.15) is 5.10 Å². The Morgan fingerprint density at radius 2 is 1.79 bits per heavy atom. The lowest BCUT2D eigenvalue weighted by Gasteiger charge is -2.27. The molecule has 1 amide bonds. The maximum atomic E-state index is 13.6. The maximum Gasteiger partial charge on any atom is 0.273 e. The van der Waals surface area contributed by atoms with E-state index in [1.165, 1.54) is 5.56 Å². The number of aromatic hydroxyl groups is 1. The van der Waals surface area contributed by atoms with Crippen LogP contribution in [0.5, 0.6) is 5.75 Å². The normalized spacial score (nSPS) is 15.2. The first-order valence-electron chi connectivity index (χ1n) is 10.8. The van der Waals surface area contributed by atoms with E-state index in [9.17, 15) is 9.90 Å². The molecule has 5 rings (SSSR count). The first kappa shape index (κ1) is 21.5. The predicted molar refractivity (Wildman–Crippen MR) is 132 cm³/mol. The molecule has 0 spiro atoms. The molecule has 3 aromatic carbocycles. The van der Waals surface area contributed by atoms with E-state index in [4.69, 9.17) is 0 Å². The van der Waals surface area contributed by atoms with Crippen LogP contribution >= 0.6 is 15.9 Å². The molecule has 166 valence electrons. The van der Waals surface area contributed by atoms with Gasteiger partial charge in [0.15, 0.2) is 0 Å². The number of aromatic amines is 1. The quantitative estimate of drug-likeness (QED) is 0.348. The number of hydrogen-bond donors (Lipinski definition) is 2. The highest BCUT2D eigenvalue weighted by Gasteiger charge is 2.42. The second kappa shape index (κ2) is 8.19. The van der Waals surface area contributed by atoms with Gasteiger partial charge in [0, 0.05) is 22.1 Å². The number of carbonyl (C=O) groups is 1. The molecule has 0 radical (unpaired) electrons. The van der Waals surface area contributed by atoms with Gasteiger partial charge in [-0.1, -0.05) is 64.0 Å². The fourth-order valence-electron chi connectivity index (χ4n) is 4.72. The number of hydrogen-bond acceptors (Lipinski definition) is 3. The Morgan fingerprint density at radius 1 is 1.03 bits per heavy atom. The van der Waals surface area contributed by atoms with Crippen LogP contribution in [0.3, 0.4) is 0 Å². The Bertz CT molecular complexity index is 1350. The molecule has 1 atom stereocenters. The molecule has 33 heavy (non-hydrogen) atoms. The minimum absolute atomic E-state index is 0.0986. The van der Waals surface area contributed by atoms with Gasteiger partial charge < -0.3 is 10.0 Å². The van der Waals surface area contributed by atoms with Gasteiger partial charge in [-0.25, -0.2) is 0 Å². The van der Waals surface area contributed by atoms with E-state index in [0.29, 0.717) is 23.5 Å². The van der Waals surface area contributed by atoms with E-state index in [0.717, 1.165) is 32.3 Å². The van der Waals surface area contributed by atoms with E-state index in [1.807, 2.05) is 56.0 Å². The molecule has 1 unspecified atom stereocenters. The van der Waals surface area contributed by atoms with Crippen LogP contribution in [0.25, 0.3) is 11.3 Å². The molecule has 1 aliphatic heterocycles. The molecule has 0 saturated carbocycles. The van der Waals surface area contributed by atoms with E-state index >= 15 is 0 Å². The number of halogens is 1. The van der Waals surface area contributed by atoms with Crippen molar-refractivity contribution in [1.29, 1.82) is 0 Å². The van der Waals surface area contributed by atoms with Crippen molar-refractivity contribution in [2.75, 3.05) is 0 Å². The summed E-state index contributed by atoms with van der Waals surface area (Å²) in [5.41, 5.74) is 7.65. The summed E-state index contributed by atoms with van der Waals surface area (Å²) in [5.74, 6) is 0.0674. The highest BCUT2D eigenvalue weighted by atomic mass is 79.9. The molecule has 5 nitrogen and oxygen atoms in total. The summed E-state index contributed by atoms with van der Waals surface area (Å²) in [5, 5.41) is 18.3. The van der Waals surface area contributed by atoms with Crippen LogP contribution in [0, 0.1) is 20.8 Å². The average molecular weight is 502 g/mol. The zero-order valence-corrected chi connectivity index (χ0v) is 20.3. The van der Waals surface area contributed by atoms with Crippen molar-refractivity contribution in [2.45, 2.75) is 33.4 Å². The third-order valence-electron chi connectivity index (χ3n) is 6.20. The van der Waals surface area contributed by atoms with Crippen molar-refractivity contribution in [1.82, 2.24) is 15.1 Å². The number of H-pyrrole nitrogens is 1. The van der Waals surface area contributed by atoms with E-state index in [2.05, 4.69) is 50.4 Å². The molecule has 2 N–H and O–H groups in total. The Morgan fingerprint density at radius 3 is 2.48 bits per heavy atom. The molecule has 0 aliphatic carbocycles. The van der Waals surface area contributed by atoms with Crippen molar-refractivity contribution in [3.63, 3.8) is 0 Å². The molecule has 1 aromatic heterocycles. The number of benzene rings is 3. The summed E-state index contributed by atoms with van der Waals surface area (Å²) < 4.78 is 0.940. The lowest BCUT2D eigenvalue weighted by atomic mass is 9.93. The number of fused-ring (bicyclic) bond motifs is 1. The summed E-state index contributed by atoms with van der Waals surface area (Å²) in [6.07, 6.45) is 0. The van der Waals surface area contributed by atoms with Gasteiger partial charge in [0.2, 0.25) is 0 Å². The Balaban J connectivity index is 1.69. The Kier molecular flexibility index (Phi) is 5.33. The van der Waals surface area contributed by atoms with Gasteiger partial charge >= 0.3 is 0 Å². The van der Waals surface area contributed by atoms with Crippen molar-refractivity contribution in [3.8, 4) is 17.0 Å². The zero-order valence-electron chi connectivity index (χ0n) is 18.7. The maximum absolute atomic E-state index is 13.6. The molecule has 2 heterocycles. The lowest BCUT2D eigenvalue weighted by molar-refractivity contribution is 0.0730. The molecule has 0 fully saturated rings. The van der Waals surface area contributed by atoms with Gasteiger partial charge in [0.1, 0.15) is 17.1 Å². The van der Waals surface area contributed by atoms with Gasteiger partial charge in [-0.3, -0.25) is 9.89 Å². The summed E-state index contributed by atoms with van der Waals surface area (Å²) in [4.78, 5) is 15.5. The summed E-state index contributed by atoms with van der Waals surface area (Å²) >= 11 is 3.58. The number of phenols is 1. The minimum atomic E-state index is -0.333. The smallest absolute Gasteiger partial charge is 0.273 e. The largest absolute Gasteiger partial charge is 0.507 e. The van der Waals surface area contributed by atoms with Gasteiger partial charge in [0.05, 0.1) is 6.04 Å². The van der Waals surface area contributed by atoms with Crippen molar-refractivity contribution < 1.29 is 9.90 Å². The lowest BCUT2D eigenvalue weighted by Crippen LogP contribution is -2.29. The molecule has 6 heteroatoms. The fraction of sp³-hybridized carbons (Fsp3) is 0.185. The van der Waals surface area contributed by atoms with Crippen molar-refractivity contribution >= 4 is 21.8 Å². The highest BCUT2D eigenvalue weighted by Crippen LogP contribution is 2.46. The Hall–Kier alpha value is -3.38. The zero-order chi connectivity index (χ0) is 23.3. The summed E-state index contributed by atoms with van der Waals surface area (Å²) in [6.45, 7) is 6.42. The average Bonchev–Trinajstić information content (AvgIpc) is 3.28. The van der Waals surface area contributed by atoms with E-state index in [1.54, 1.807) is 6.07 Å². The van der Waals surface area contributed by atoms with Crippen LogP contribution in [0.1, 0.15) is 49.9 Å². The highest BCUT2D eigenvalue weighted by molar-refractivity contribution is 9.10. The molecular formula is C27H24BrN3O2. The van der Waals surface area contributed by atoms with Crippen molar-refractivity contribution in [2.24, 2.45) is 0 Å². The van der Waals surface area contributed by atoms with Gasteiger partial charge in [-0.15, -0.1) is 0 Å². The number of rotatable bonds is 4. The first-order chi connectivity index (χ1) is 15.8. The van der Waals surface area contributed by atoms with Gasteiger partial charge in [-0.05, 0) is 61.2 Å². The fourth-order valence-corrected chi connectivity index (χ4v) is 5.13. The van der Waals surface area contributed by atoms with Crippen LogP contribution in [0.2, 0.25) is 0 Å². The number of aryl methyl sites for hydroxylation is 3. The molecular weight excluding hydrogens is 478 g/mol. The summed E-state index contributed by atoms with van der Waals surface area (Å²) in [6, 6.07) is 19.7. The van der Waals surface area contributed by atoms with Crippen LogP contribution < -0.4 is 0 Å². The monoisotopic (exact) mass is 501 g/mol. The third kappa shape index (κ3) is 3.74. The number of aromatic nitrogens is 2. The van der Waals surface area contributed by atoms with E-state index in [-0.39, 0.29) is 17.7 Å². The number of carbonyl (C=O) groups excluding carboxylic acids is 1. The Labute approximate surface area is 201 Å². The van der Waals surface area contributed by atoms with Crippen molar-refractivity contribution in [3.05, 3.63) is 104 Å². The molecule has 4 aromatic rings. The number of nitrogens with zero attached hydrogens (tertiary/aromatic N) is 2. The minimum Gasteiger partial charge on any atom is -0.507 e. The molecule has 0 saturated heterocycles.